The highest BCUT2D eigenvalue weighted by Gasteiger charge is 1.93. The Morgan fingerprint density at radius 1 is 0.381 bits per heavy atom. The van der Waals surface area contributed by atoms with Crippen LogP contribution in [-0.4, -0.2) is 39.6 Å². The van der Waals surface area contributed by atoms with E-state index in [0.717, 1.165) is 65.3 Å². The van der Waals surface area contributed by atoms with Crippen LogP contribution in [0.1, 0.15) is 78.1 Å². The van der Waals surface area contributed by atoms with Crippen LogP contribution in [0.5, 0.6) is 0 Å². The van der Waals surface area contributed by atoms with E-state index >= 15 is 0 Å². The Kier molecular flexibility index (Phi) is 19.8. The van der Waals surface area contributed by atoms with Crippen molar-refractivity contribution in [2.75, 3.05) is 39.6 Å². The lowest BCUT2D eigenvalue weighted by atomic mass is 10.2. The molecule has 0 aromatic heterocycles. The maximum Gasteiger partial charge on any atom is 0.0466 e. The van der Waals surface area contributed by atoms with Crippen LogP contribution in [0.4, 0.5) is 0 Å². The molecule has 0 unspecified atom stereocenters. The van der Waals surface area contributed by atoms with Crippen molar-refractivity contribution in [2.24, 2.45) is 0 Å². The lowest BCUT2D eigenvalue weighted by Gasteiger charge is -2.06. The first-order chi connectivity index (χ1) is 10.4. The van der Waals surface area contributed by atoms with Crippen molar-refractivity contribution in [2.45, 2.75) is 78.1 Å². The molecule has 0 bridgehead atoms. The molecule has 0 saturated carbocycles. The van der Waals surface area contributed by atoms with Gasteiger partial charge < -0.3 is 14.2 Å². The monoisotopic (exact) mass is 302 g/mol. The van der Waals surface area contributed by atoms with Gasteiger partial charge in [-0.2, -0.15) is 0 Å². The summed E-state index contributed by atoms with van der Waals surface area (Å²) in [5.74, 6) is 0. The van der Waals surface area contributed by atoms with E-state index in [1.165, 1.54) is 38.5 Å². The molecule has 0 atom stereocenters. The van der Waals surface area contributed by atoms with Gasteiger partial charge in [-0.25, -0.2) is 0 Å². The van der Waals surface area contributed by atoms with E-state index in [-0.39, 0.29) is 0 Å². The fourth-order valence-electron chi connectivity index (χ4n) is 2.00. The summed E-state index contributed by atoms with van der Waals surface area (Å²) >= 11 is 0. The summed E-state index contributed by atoms with van der Waals surface area (Å²) in [6.45, 7) is 9.78. The van der Waals surface area contributed by atoms with Gasteiger partial charge in [-0.15, -0.1) is 0 Å². The van der Waals surface area contributed by atoms with Crippen LogP contribution in [0, 0.1) is 0 Å². The van der Waals surface area contributed by atoms with Crippen LogP contribution in [0.2, 0.25) is 0 Å². The van der Waals surface area contributed by atoms with Gasteiger partial charge in [0.2, 0.25) is 0 Å². The zero-order valence-corrected chi connectivity index (χ0v) is 14.5. The van der Waals surface area contributed by atoms with Crippen LogP contribution in [-0.2, 0) is 14.2 Å². The summed E-state index contributed by atoms with van der Waals surface area (Å²) < 4.78 is 16.7. The van der Waals surface area contributed by atoms with Crippen LogP contribution in [0.15, 0.2) is 0 Å². The summed E-state index contributed by atoms with van der Waals surface area (Å²) in [6.07, 6.45) is 12.0. The molecule has 21 heavy (non-hydrogen) atoms. The molecule has 0 saturated heterocycles. The highest BCUT2D eigenvalue weighted by Crippen LogP contribution is 2.00. The molecule has 3 heteroatoms. The smallest absolute Gasteiger partial charge is 0.0466 e. The second-order valence-corrected chi connectivity index (χ2v) is 5.67. The topological polar surface area (TPSA) is 27.7 Å². The zero-order valence-electron chi connectivity index (χ0n) is 14.5. The van der Waals surface area contributed by atoms with E-state index in [4.69, 9.17) is 14.2 Å². The Morgan fingerprint density at radius 3 is 1.10 bits per heavy atom. The minimum absolute atomic E-state index is 0.870. The van der Waals surface area contributed by atoms with Gasteiger partial charge >= 0.3 is 0 Å². The van der Waals surface area contributed by atoms with E-state index in [1.807, 2.05) is 0 Å². The fourth-order valence-corrected chi connectivity index (χ4v) is 2.00. The minimum atomic E-state index is 0.870. The van der Waals surface area contributed by atoms with Crippen LogP contribution >= 0.6 is 0 Å². The third-order valence-electron chi connectivity index (χ3n) is 3.44. The molecular formula is C18H38O3. The van der Waals surface area contributed by atoms with Crippen molar-refractivity contribution in [3.05, 3.63) is 0 Å². The average molecular weight is 302 g/mol. The van der Waals surface area contributed by atoms with Crippen molar-refractivity contribution in [3.8, 4) is 0 Å². The SMILES string of the molecule is CCCCCCOCCCCOCCCCOCCCC. The van der Waals surface area contributed by atoms with Gasteiger partial charge in [0.1, 0.15) is 0 Å². The summed E-state index contributed by atoms with van der Waals surface area (Å²) in [5.41, 5.74) is 0. The lowest BCUT2D eigenvalue weighted by Crippen LogP contribution is -2.03. The first-order valence-corrected chi connectivity index (χ1v) is 9.15. The Bertz CT molecular complexity index is 156. The van der Waals surface area contributed by atoms with E-state index in [1.54, 1.807) is 0 Å². The molecule has 0 spiro atoms. The molecule has 0 aromatic carbocycles. The molecule has 3 nitrogen and oxygen atoms in total. The maximum absolute atomic E-state index is 5.61. The molecule has 0 N–H and O–H groups in total. The molecule has 128 valence electrons. The molecule has 0 rings (SSSR count). The third kappa shape index (κ3) is 19.9. The van der Waals surface area contributed by atoms with Crippen LogP contribution in [0.3, 0.4) is 0 Å². The number of hydrogen-bond donors (Lipinski definition) is 0. The maximum atomic E-state index is 5.61. The summed E-state index contributed by atoms with van der Waals surface area (Å²) in [6, 6.07) is 0. The summed E-state index contributed by atoms with van der Waals surface area (Å²) in [7, 11) is 0. The predicted molar refractivity (Wildman–Crippen MR) is 90.0 cm³/mol. The Hall–Kier alpha value is -0.120. The zero-order chi connectivity index (χ0) is 15.4. The van der Waals surface area contributed by atoms with Crippen molar-refractivity contribution in [1.29, 1.82) is 0 Å². The van der Waals surface area contributed by atoms with Crippen molar-refractivity contribution in [3.63, 3.8) is 0 Å². The number of rotatable bonds is 18. The normalized spacial score (nSPS) is 11.1. The van der Waals surface area contributed by atoms with Gasteiger partial charge in [0.15, 0.2) is 0 Å². The van der Waals surface area contributed by atoms with Crippen LogP contribution < -0.4 is 0 Å². The van der Waals surface area contributed by atoms with Gasteiger partial charge in [0, 0.05) is 39.6 Å². The predicted octanol–water partition coefficient (Wildman–Crippen LogP) is 4.98. The first-order valence-electron chi connectivity index (χ1n) is 9.15. The van der Waals surface area contributed by atoms with Gasteiger partial charge in [-0.05, 0) is 38.5 Å². The van der Waals surface area contributed by atoms with E-state index < -0.39 is 0 Å². The molecule has 0 heterocycles. The molecule has 0 aliphatic rings. The first kappa shape index (κ1) is 20.9. The van der Waals surface area contributed by atoms with Gasteiger partial charge in [-0.3, -0.25) is 0 Å². The summed E-state index contributed by atoms with van der Waals surface area (Å²) in [5, 5.41) is 0. The van der Waals surface area contributed by atoms with E-state index in [0.29, 0.717) is 0 Å². The number of unbranched alkanes of at least 4 members (excludes halogenated alkanes) is 6. The Labute approximate surface area is 132 Å². The third-order valence-corrected chi connectivity index (χ3v) is 3.44. The Balaban J connectivity index is 2.90. The lowest BCUT2D eigenvalue weighted by molar-refractivity contribution is 0.0893. The van der Waals surface area contributed by atoms with E-state index in [2.05, 4.69) is 13.8 Å². The highest BCUT2D eigenvalue weighted by molar-refractivity contribution is 4.43. The fraction of sp³-hybridized carbons (Fsp3) is 1.00. The summed E-state index contributed by atoms with van der Waals surface area (Å²) in [4.78, 5) is 0. The van der Waals surface area contributed by atoms with E-state index in [9.17, 15) is 0 Å². The second kappa shape index (κ2) is 19.9. The standard InChI is InChI=1S/C18H38O3/c1-3-5-7-8-14-20-16-11-12-18-21-17-10-9-15-19-13-6-4-2/h3-18H2,1-2H3. The molecule has 0 aromatic rings. The number of ether oxygens (including phenoxy) is 3. The largest absolute Gasteiger partial charge is 0.381 e. The van der Waals surface area contributed by atoms with Gasteiger partial charge in [-0.1, -0.05) is 39.5 Å². The van der Waals surface area contributed by atoms with Gasteiger partial charge in [0.25, 0.3) is 0 Å². The molecule has 0 radical (unpaired) electrons. The number of hydrogen-bond acceptors (Lipinski definition) is 3. The molecule has 0 fully saturated rings. The van der Waals surface area contributed by atoms with Crippen molar-refractivity contribution >= 4 is 0 Å². The van der Waals surface area contributed by atoms with Crippen molar-refractivity contribution < 1.29 is 14.2 Å². The molecular weight excluding hydrogens is 264 g/mol. The minimum Gasteiger partial charge on any atom is -0.381 e. The van der Waals surface area contributed by atoms with Crippen molar-refractivity contribution in [1.82, 2.24) is 0 Å². The molecule has 0 amide bonds. The van der Waals surface area contributed by atoms with Crippen LogP contribution in [0.25, 0.3) is 0 Å². The highest BCUT2D eigenvalue weighted by atomic mass is 16.5. The Morgan fingerprint density at radius 2 is 0.714 bits per heavy atom. The molecule has 0 aliphatic carbocycles. The molecule has 0 aliphatic heterocycles. The average Bonchev–Trinajstić information content (AvgIpc) is 2.50. The quantitative estimate of drug-likeness (QED) is 0.334. The second-order valence-electron chi connectivity index (χ2n) is 5.67. The van der Waals surface area contributed by atoms with Gasteiger partial charge in [0.05, 0.1) is 0 Å².